The van der Waals surface area contributed by atoms with Gasteiger partial charge in [0.2, 0.25) is 5.91 Å². The Morgan fingerprint density at radius 2 is 1.75 bits per heavy atom. The first kappa shape index (κ1) is 19.5. The van der Waals surface area contributed by atoms with Gasteiger partial charge in [-0.1, -0.05) is 19.9 Å². The molecule has 2 amide bonds. The van der Waals surface area contributed by atoms with E-state index in [1.54, 1.807) is 13.8 Å². The minimum atomic E-state index is -1.06. The van der Waals surface area contributed by atoms with Crippen molar-refractivity contribution in [2.75, 3.05) is 13.6 Å². The van der Waals surface area contributed by atoms with Gasteiger partial charge in [-0.05, 0) is 18.1 Å². The number of carbonyl (C=O) groups excluding carboxylic acids is 2. The van der Waals surface area contributed by atoms with Crippen LogP contribution in [0, 0.1) is 17.6 Å². The molecule has 1 aromatic rings. The molecule has 1 rings (SSSR count). The van der Waals surface area contributed by atoms with E-state index in [1.165, 1.54) is 7.05 Å². The molecular formula is C16H20F2N2O4. The number of hydrogen-bond donors (Lipinski definition) is 2. The molecule has 1 aromatic carbocycles. The highest BCUT2D eigenvalue weighted by Gasteiger charge is 2.29. The number of benzene rings is 1. The number of amides is 2. The molecule has 0 bridgehead atoms. The van der Waals surface area contributed by atoms with E-state index in [-0.39, 0.29) is 18.9 Å². The van der Waals surface area contributed by atoms with E-state index in [1.807, 2.05) is 0 Å². The molecule has 2 N–H and O–H groups in total. The number of likely N-dealkylation sites (N-methyl/N-ethyl adjacent to an activating group) is 1. The molecule has 24 heavy (non-hydrogen) atoms. The van der Waals surface area contributed by atoms with Crippen molar-refractivity contribution in [2.24, 2.45) is 5.92 Å². The van der Waals surface area contributed by atoms with Gasteiger partial charge in [0.05, 0.1) is 6.42 Å². The minimum absolute atomic E-state index is 0.0404. The van der Waals surface area contributed by atoms with Crippen LogP contribution in [0.4, 0.5) is 8.78 Å². The van der Waals surface area contributed by atoms with E-state index < -0.39 is 41.0 Å². The van der Waals surface area contributed by atoms with Crippen molar-refractivity contribution in [1.29, 1.82) is 0 Å². The van der Waals surface area contributed by atoms with Gasteiger partial charge >= 0.3 is 5.97 Å². The molecule has 0 aliphatic heterocycles. The maximum absolute atomic E-state index is 13.7. The van der Waals surface area contributed by atoms with Crippen LogP contribution in [0.25, 0.3) is 0 Å². The van der Waals surface area contributed by atoms with Crippen molar-refractivity contribution in [3.05, 3.63) is 35.4 Å². The highest BCUT2D eigenvalue weighted by Crippen LogP contribution is 2.14. The SMILES string of the molecule is CC(C)C(NC(=O)c1c(F)cccc1F)C(=O)N(C)CCC(=O)O. The minimum Gasteiger partial charge on any atom is -0.481 e. The highest BCUT2D eigenvalue weighted by atomic mass is 19.1. The number of nitrogens with one attached hydrogen (secondary N) is 1. The fourth-order valence-corrected chi connectivity index (χ4v) is 2.05. The van der Waals surface area contributed by atoms with Gasteiger partial charge in [-0.25, -0.2) is 8.78 Å². The van der Waals surface area contributed by atoms with E-state index in [2.05, 4.69) is 5.32 Å². The van der Waals surface area contributed by atoms with Crippen molar-refractivity contribution >= 4 is 17.8 Å². The topological polar surface area (TPSA) is 86.7 Å². The van der Waals surface area contributed by atoms with Gasteiger partial charge in [-0.3, -0.25) is 14.4 Å². The Balaban J connectivity index is 2.91. The molecule has 0 heterocycles. The zero-order valence-electron chi connectivity index (χ0n) is 13.7. The number of aliphatic carboxylic acids is 1. The lowest BCUT2D eigenvalue weighted by Crippen LogP contribution is -2.50. The van der Waals surface area contributed by atoms with Gasteiger partial charge < -0.3 is 15.3 Å². The standard InChI is InChI=1S/C16H20F2N2O4/c1-9(2)14(16(24)20(3)8-7-12(21)22)19-15(23)13-10(17)5-4-6-11(13)18/h4-6,9,14H,7-8H2,1-3H3,(H,19,23)(H,21,22). The number of rotatable bonds is 7. The molecule has 132 valence electrons. The number of carboxylic acids is 1. The van der Waals surface area contributed by atoms with Gasteiger partial charge in [0, 0.05) is 13.6 Å². The van der Waals surface area contributed by atoms with Gasteiger partial charge in [0.1, 0.15) is 23.2 Å². The zero-order chi connectivity index (χ0) is 18.4. The summed E-state index contributed by atoms with van der Waals surface area (Å²) < 4.78 is 27.3. The van der Waals surface area contributed by atoms with E-state index >= 15 is 0 Å². The number of hydrogen-bond acceptors (Lipinski definition) is 3. The van der Waals surface area contributed by atoms with E-state index in [0.717, 1.165) is 23.1 Å². The second kappa shape index (κ2) is 8.37. The molecule has 0 aliphatic carbocycles. The average molecular weight is 342 g/mol. The van der Waals surface area contributed by atoms with E-state index in [0.29, 0.717) is 0 Å². The molecule has 0 aromatic heterocycles. The van der Waals surface area contributed by atoms with Gasteiger partial charge in [-0.15, -0.1) is 0 Å². The summed E-state index contributed by atoms with van der Waals surface area (Å²) in [5.41, 5.74) is -0.760. The summed E-state index contributed by atoms with van der Waals surface area (Å²) in [7, 11) is 1.40. The van der Waals surface area contributed by atoms with Crippen molar-refractivity contribution < 1.29 is 28.3 Å². The predicted octanol–water partition coefficient (Wildman–Crippen LogP) is 1.65. The number of halogens is 2. The monoisotopic (exact) mass is 342 g/mol. The van der Waals surface area contributed by atoms with Crippen LogP contribution in [0.1, 0.15) is 30.6 Å². The molecule has 6 nitrogen and oxygen atoms in total. The first-order chi connectivity index (χ1) is 11.1. The summed E-state index contributed by atoms with van der Waals surface area (Å²) in [5, 5.41) is 11.0. The summed E-state index contributed by atoms with van der Waals surface area (Å²) in [5.74, 6) is -5.04. The average Bonchev–Trinajstić information content (AvgIpc) is 2.49. The molecule has 1 atom stereocenters. The third-order valence-corrected chi connectivity index (χ3v) is 3.45. The zero-order valence-corrected chi connectivity index (χ0v) is 13.7. The maximum Gasteiger partial charge on any atom is 0.305 e. The molecule has 1 unspecified atom stereocenters. The number of carbonyl (C=O) groups is 3. The lowest BCUT2D eigenvalue weighted by Gasteiger charge is -2.27. The van der Waals surface area contributed by atoms with E-state index in [9.17, 15) is 23.2 Å². The molecule has 0 saturated heterocycles. The van der Waals surface area contributed by atoms with Crippen LogP contribution in [0.5, 0.6) is 0 Å². The molecule has 0 radical (unpaired) electrons. The van der Waals surface area contributed by atoms with Crippen LogP contribution >= 0.6 is 0 Å². The summed E-state index contributed by atoms with van der Waals surface area (Å²) in [6, 6.07) is 1.99. The summed E-state index contributed by atoms with van der Waals surface area (Å²) >= 11 is 0. The van der Waals surface area contributed by atoms with Crippen LogP contribution < -0.4 is 5.32 Å². The first-order valence-corrected chi connectivity index (χ1v) is 7.36. The molecule has 0 fully saturated rings. The Labute approximate surface area is 138 Å². The van der Waals surface area contributed by atoms with Gasteiger partial charge in [0.25, 0.3) is 5.91 Å². The fourth-order valence-electron chi connectivity index (χ4n) is 2.05. The maximum atomic E-state index is 13.7. The van der Waals surface area contributed by atoms with Crippen molar-refractivity contribution in [2.45, 2.75) is 26.3 Å². The van der Waals surface area contributed by atoms with E-state index in [4.69, 9.17) is 5.11 Å². The Morgan fingerprint density at radius 3 is 2.21 bits per heavy atom. The van der Waals surface area contributed by atoms with Crippen molar-refractivity contribution in [1.82, 2.24) is 10.2 Å². The molecule has 0 saturated carbocycles. The first-order valence-electron chi connectivity index (χ1n) is 7.36. The Kier molecular flexibility index (Phi) is 6.82. The fraction of sp³-hybridized carbons (Fsp3) is 0.438. The second-order valence-corrected chi connectivity index (χ2v) is 5.70. The van der Waals surface area contributed by atoms with Crippen LogP contribution in [-0.4, -0.2) is 47.4 Å². The normalized spacial score (nSPS) is 11.9. The lowest BCUT2D eigenvalue weighted by molar-refractivity contribution is -0.138. The molecular weight excluding hydrogens is 322 g/mol. The predicted molar refractivity (Wildman–Crippen MR) is 82.3 cm³/mol. The molecule has 0 spiro atoms. The second-order valence-electron chi connectivity index (χ2n) is 5.70. The van der Waals surface area contributed by atoms with Gasteiger partial charge in [-0.2, -0.15) is 0 Å². The largest absolute Gasteiger partial charge is 0.481 e. The lowest BCUT2D eigenvalue weighted by atomic mass is 10.0. The Hall–Kier alpha value is -2.51. The third-order valence-electron chi connectivity index (χ3n) is 3.45. The quantitative estimate of drug-likeness (QED) is 0.789. The summed E-state index contributed by atoms with van der Waals surface area (Å²) in [6.07, 6.45) is -0.247. The van der Waals surface area contributed by atoms with Crippen LogP contribution in [0.3, 0.4) is 0 Å². The van der Waals surface area contributed by atoms with Crippen LogP contribution in [0.2, 0.25) is 0 Å². The highest BCUT2D eigenvalue weighted by molar-refractivity contribution is 5.98. The van der Waals surface area contributed by atoms with Crippen molar-refractivity contribution in [3.8, 4) is 0 Å². The smallest absolute Gasteiger partial charge is 0.305 e. The Morgan fingerprint density at radius 1 is 1.21 bits per heavy atom. The van der Waals surface area contributed by atoms with Crippen LogP contribution in [-0.2, 0) is 9.59 Å². The van der Waals surface area contributed by atoms with Crippen LogP contribution in [0.15, 0.2) is 18.2 Å². The third kappa shape index (κ3) is 5.00. The Bertz CT molecular complexity index is 614. The van der Waals surface area contributed by atoms with Gasteiger partial charge in [0.15, 0.2) is 0 Å². The molecule has 8 heteroatoms. The van der Waals surface area contributed by atoms with Crippen molar-refractivity contribution in [3.63, 3.8) is 0 Å². The summed E-state index contributed by atoms with van der Waals surface area (Å²) in [6.45, 7) is 3.28. The summed E-state index contributed by atoms with van der Waals surface area (Å²) in [4.78, 5) is 36.2. The molecule has 0 aliphatic rings. The number of nitrogens with zero attached hydrogens (tertiary/aromatic N) is 1. The number of carboxylic acid groups (broad SMARTS) is 1.